The van der Waals surface area contributed by atoms with Gasteiger partial charge in [0.2, 0.25) is 5.91 Å². The van der Waals surface area contributed by atoms with Crippen molar-refractivity contribution in [2.24, 2.45) is 17.6 Å². The Morgan fingerprint density at radius 3 is 2.23 bits per heavy atom. The smallest absolute Gasteiger partial charge is 0.369 e. The lowest BCUT2D eigenvalue weighted by Crippen LogP contribution is -2.40. The zero-order chi connectivity index (χ0) is 15.9. The van der Waals surface area contributed by atoms with Crippen LogP contribution in [0, 0.1) is 11.8 Å². The fourth-order valence-corrected chi connectivity index (χ4v) is 4.38. The Morgan fingerprint density at radius 1 is 1.09 bits per heavy atom. The van der Waals surface area contributed by atoms with Crippen molar-refractivity contribution in [3.05, 3.63) is 35.4 Å². The highest BCUT2D eigenvalue weighted by atomic mass is 19.4. The molecule has 0 spiro atoms. The molecule has 1 saturated carbocycles. The van der Waals surface area contributed by atoms with Crippen molar-refractivity contribution < 1.29 is 18.0 Å². The normalized spacial score (nSPS) is 29.3. The summed E-state index contributed by atoms with van der Waals surface area (Å²) in [6.45, 7) is 0. The topological polar surface area (TPSA) is 43.1 Å². The Hall–Kier alpha value is -1.52. The molecule has 3 rings (SSSR count). The van der Waals surface area contributed by atoms with Crippen molar-refractivity contribution in [2.45, 2.75) is 50.1 Å². The molecule has 3 unspecified atom stereocenters. The van der Waals surface area contributed by atoms with Gasteiger partial charge in [-0.2, -0.15) is 13.2 Å². The first-order chi connectivity index (χ1) is 10.4. The fraction of sp³-hybridized carbons (Fsp3) is 0.588. The Labute approximate surface area is 127 Å². The van der Waals surface area contributed by atoms with Crippen molar-refractivity contribution >= 4 is 5.91 Å². The summed E-state index contributed by atoms with van der Waals surface area (Å²) in [5, 5.41) is 0. The maximum absolute atomic E-state index is 13.6. The van der Waals surface area contributed by atoms with Crippen molar-refractivity contribution in [3.8, 4) is 0 Å². The third-order valence-corrected chi connectivity index (χ3v) is 5.33. The lowest BCUT2D eigenvalue weighted by molar-refractivity contribution is -0.189. The van der Waals surface area contributed by atoms with Crippen LogP contribution < -0.4 is 5.73 Å². The van der Waals surface area contributed by atoms with Crippen LogP contribution in [0.5, 0.6) is 0 Å². The summed E-state index contributed by atoms with van der Waals surface area (Å²) in [6.07, 6.45) is -0.842. The number of primary amides is 1. The average molecular weight is 311 g/mol. The maximum Gasteiger partial charge on any atom is 0.392 e. The van der Waals surface area contributed by atoms with E-state index < -0.39 is 29.8 Å². The Kier molecular flexibility index (Phi) is 3.91. The quantitative estimate of drug-likeness (QED) is 0.877. The summed E-state index contributed by atoms with van der Waals surface area (Å²) in [6, 6.07) is 7.05. The van der Waals surface area contributed by atoms with E-state index in [-0.39, 0.29) is 12.3 Å². The number of fused-ring (bicyclic) bond motifs is 1. The highest BCUT2D eigenvalue weighted by Crippen LogP contribution is 2.54. The van der Waals surface area contributed by atoms with Crippen LogP contribution in [0.1, 0.15) is 55.1 Å². The standard InChI is InChI=1S/C17H20F3NO/c18-17(19,20)14-9-13(16(21)22)11-7-3-4-8-12(11)15(14)10-5-1-2-6-10/h3-4,7-8,10,13-15H,1-2,5-6,9H2,(H2,21,22). The first-order valence-electron chi connectivity index (χ1n) is 7.84. The molecule has 2 nitrogen and oxygen atoms in total. The summed E-state index contributed by atoms with van der Waals surface area (Å²) in [5.74, 6) is -3.44. The molecular weight excluding hydrogens is 291 g/mol. The number of halogens is 3. The van der Waals surface area contributed by atoms with Gasteiger partial charge in [-0.25, -0.2) is 0 Å². The zero-order valence-corrected chi connectivity index (χ0v) is 12.3. The second-order valence-corrected chi connectivity index (χ2v) is 6.54. The largest absolute Gasteiger partial charge is 0.392 e. The van der Waals surface area contributed by atoms with Crippen LogP contribution in [0.15, 0.2) is 24.3 Å². The van der Waals surface area contributed by atoms with E-state index in [0.717, 1.165) is 25.7 Å². The third-order valence-electron chi connectivity index (χ3n) is 5.33. The van der Waals surface area contributed by atoms with E-state index in [9.17, 15) is 18.0 Å². The SMILES string of the molecule is NC(=O)C1CC(C(F)(F)F)C(C2CCCC2)c2ccccc21. The molecule has 2 aliphatic rings. The van der Waals surface area contributed by atoms with Crippen LogP contribution in [-0.4, -0.2) is 12.1 Å². The van der Waals surface area contributed by atoms with Gasteiger partial charge in [0.05, 0.1) is 11.8 Å². The van der Waals surface area contributed by atoms with Gasteiger partial charge in [0.15, 0.2) is 0 Å². The summed E-state index contributed by atoms with van der Waals surface area (Å²) >= 11 is 0. The van der Waals surface area contributed by atoms with Crippen molar-refractivity contribution in [2.75, 3.05) is 0 Å². The third kappa shape index (κ3) is 2.61. The van der Waals surface area contributed by atoms with Gasteiger partial charge in [0.1, 0.15) is 0 Å². The molecule has 0 aliphatic heterocycles. The molecule has 0 bridgehead atoms. The highest BCUT2D eigenvalue weighted by Gasteiger charge is 2.52. The number of nitrogens with two attached hydrogens (primary N) is 1. The van der Waals surface area contributed by atoms with Gasteiger partial charge in [-0.15, -0.1) is 0 Å². The molecule has 120 valence electrons. The van der Waals surface area contributed by atoms with E-state index in [2.05, 4.69) is 0 Å². The molecule has 3 atom stereocenters. The lowest BCUT2D eigenvalue weighted by atomic mass is 9.65. The highest BCUT2D eigenvalue weighted by molar-refractivity contribution is 5.83. The second-order valence-electron chi connectivity index (χ2n) is 6.54. The fourth-order valence-electron chi connectivity index (χ4n) is 4.38. The number of carbonyl (C=O) groups is 1. The molecule has 0 radical (unpaired) electrons. The number of alkyl halides is 3. The molecule has 1 fully saturated rings. The number of hydrogen-bond acceptors (Lipinski definition) is 1. The number of amides is 1. The van der Waals surface area contributed by atoms with Crippen molar-refractivity contribution in [1.82, 2.24) is 0 Å². The van der Waals surface area contributed by atoms with E-state index in [0.29, 0.717) is 11.1 Å². The monoisotopic (exact) mass is 311 g/mol. The van der Waals surface area contributed by atoms with Gasteiger partial charge >= 0.3 is 6.18 Å². The molecule has 5 heteroatoms. The van der Waals surface area contributed by atoms with Gasteiger partial charge in [-0.1, -0.05) is 37.1 Å². The molecule has 0 aromatic heterocycles. The molecule has 2 aliphatic carbocycles. The molecule has 1 amide bonds. The molecule has 1 aromatic carbocycles. The van der Waals surface area contributed by atoms with Crippen molar-refractivity contribution in [1.29, 1.82) is 0 Å². The molecule has 2 N–H and O–H groups in total. The molecule has 0 saturated heterocycles. The summed E-state index contributed by atoms with van der Waals surface area (Å²) in [4.78, 5) is 11.7. The lowest BCUT2D eigenvalue weighted by Gasteiger charge is -2.41. The van der Waals surface area contributed by atoms with E-state index in [4.69, 9.17) is 5.73 Å². The minimum absolute atomic E-state index is 0.0570. The van der Waals surface area contributed by atoms with Crippen LogP contribution in [0.3, 0.4) is 0 Å². The summed E-state index contributed by atoms with van der Waals surface area (Å²) < 4.78 is 40.9. The number of benzene rings is 1. The van der Waals surface area contributed by atoms with E-state index in [1.165, 1.54) is 0 Å². The Morgan fingerprint density at radius 2 is 1.68 bits per heavy atom. The predicted octanol–water partition coefficient (Wildman–Crippen LogP) is 4.11. The first-order valence-corrected chi connectivity index (χ1v) is 7.84. The first kappa shape index (κ1) is 15.4. The zero-order valence-electron chi connectivity index (χ0n) is 12.3. The predicted molar refractivity (Wildman–Crippen MR) is 77.2 cm³/mol. The van der Waals surface area contributed by atoms with E-state index >= 15 is 0 Å². The second kappa shape index (κ2) is 5.60. The van der Waals surface area contributed by atoms with Gasteiger partial charge < -0.3 is 5.73 Å². The van der Waals surface area contributed by atoms with Gasteiger partial charge in [0, 0.05) is 0 Å². The van der Waals surface area contributed by atoms with Gasteiger partial charge in [-0.05, 0) is 42.2 Å². The van der Waals surface area contributed by atoms with Crippen molar-refractivity contribution in [3.63, 3.8) is 0 Å². The number of hydrogen-bond donors (Lipinski definition) is 1. The molecule has 22 heavy (non-hydrogen) atoms. The Bertz CT molecular complexity index is 563. The van der Waals surface area contributed by atoms with E-state index in [1.54, 1.807) is 24.3 Å². The van der Waals surface area contributed by atoms with Crippen LogP contribution in [0.25, 0.3) is 0 Å². The van der Waals surface area contributed by atoms with Crippen LogP contribution in [0.4, 0.5) is 13.2 Å². The summed E-state index contributed by atoms with van der Waals surface area (Å²) in [7, 11) is 0. The van der Waals surface area contributed by atoms with Crippen LogP contribution in [0.2, 0.25) is 0 Å². The van der Waals surface area contributed by atoms with E-state index in [1.807, 2.05) is 0 Å². The summed E-state index contributed by atoms with van der Waals surface area (Å²) in [5.41, 5.74) is 6.77. The number of rotatable bonds is 2. The van der Waals surface area contributed by atoms with Crippen LogP contribution in [-0.2, 0) is 4.79 Å². The number of carbonyl (C=O) groups excluding carboxylic acids is 1. The maximum atomic E-state index is 13.6. The van der Waals surface area contributed by atoms with Crippen LogP contribution >= 0.6 is 0 Å². The Balaban J connectivity index is 2.09. The van der Waals surface area contributed by atoms with Gasteiger partial charge in [0.25, 0.3) is 0 Å². The molecule has 1 aromatic rings. The molecular formula is C17H20F3NO. The average Bonchev–Trinajstić information content (AvgIpc) is 2.98. The minimum Gasteiger partial charge on any atom is -0.369 e. The molecule has 0 heterocycles. The minimum atomic E-state index is -4.30. The van der Waals surface area contributed by atoms with Gasteiger partial charge in [-0.3, -0.25) is 4.79 Å².